The van der Waals surface area contributed by atoms with Crippen molar-refractivity contribution in [2.24, 2.45) is 0 Å². The topological polar surface area (TPSA) is 109 Å². The van der Waals surface area contributed by atoms with Crippen molar-refractivity contribution < 1.29 is 14.3 Å². The smallest absolute Gasteiger partial charge is 0.255 e. The van der Waals surface area contributed by atoms with E-state index < -0.39 is 0 Å². The van der Waals surface area contributed by atoms with Crippen LogP contribution in [0.15, 0.2) is 78.9 Å². The van der Waals surface area contributed by atoms with Gasteiger partial charge >= 0.3 is 0 Å². The van der Waals surface area contributed by atoms with Crippen molar-refractivity contribution in [2.45, 2.75) is 6.54 Å². The van der Waals surface area contributed by atoms with Crippen molar-refractivity contribution in [3.05, 3.63) is 95.8 Å². The van der Waals surface area contributed by atoms with Crippen LogP contribution in [0.3, 0.4) is 0 Å². The van der Waals surface area contributed by atoms with Gasteiger partial charge in [-0.3, -0.25) is 14.7 Å². The Morgan fingerprint density at radius 1 is 0.875 bits per heavy atom. The maximum atomic E-state index is 12.4. The summed E-state index contributed by atoms with van der Waals surface area (Å²) < 4.78 is 5.15. The molecular formula is C24H21N5O3. The van der Waals surface area contributed by atoms with Crippen LogP contribution in [0, 0.1) is 0 Å². The first-order chi connectivity index (χ1) is 15.6. The van der Waals surface area contributed by atoms with Crippen molar-refractivity contribution in [2.75, 3.05) is 12.4 Å². The number of amides is 2. The fourth-order valence-electron chi connectivity index (χ4n) is 3.01. The highest BCUT2D eigenvalue weighted by Gasteiger charge is 2.10. The van der Waals surface area contributed by atoms with E-state index in [1.54, 1.807) is 55.6 Å². The van der Waals surface area contributed by atoms with Crippen LogP contribution < -0.4 is 15.4 Å². The van der Waals surface area contributed by atoms with E-state index in [1.165, 1.54) is 0 Å². The summed E-state index contributed by atoms with van der Waals surface area (Å²) in [6.07, 6.45) is 0. The van der Waals surface area contributed by atoms with Crippen LogP contribution in [-0.2, 0) is 6.54 Å². The molecule has 1 heterocycles. The predicted octanol–water partition coefficient (Wildman–Crippen LogP) is 3.66. The van der Waals surface area contributed by atoms with Crippen molar-refractivity contribution in [1.82, 2.24) is 20.5 Å². The zero-order valence-electron chi connectivity index (χ0n) is 17.3. The molecule has 0 saturated heterocycles. The molecule has 160 valence electrons. The molecule has 1 aromatic heterocycles. The molecule has 0 unspecified atom stereocenters. The van der Waals surface area contributed by atoms with Gasteiger partial charge in [0.25, 0.3) is 11.8 Å². The SMILES string of the molecule is COc1ccc(-c2n[nH]c(CNC(=O)c3ccc(NC(=O)c4ccccc4)cc3)n2)cc1. The Morgan fingerprint density at radius 2 is 1.56 bits per heavy atom. The number of aromatic nitrogens is 3. The quantitative estimate of drug-likeness (QED) is 0.417. The van der Waals surface area contributed by atoms with Gasteiger partial charge in [-0.25, -0.2) is 4.98 Å². The molecule has 0 radical (unpaired) electrons. The molecule has 8 heteroatoms. The van der Waals surface area contributed by atoms with E-state index in [0.29, 0.717) is 28.5 Å². The number of methoxy groups -OCH3 is 1. The Labute approximate surface area is 184 Å². The van der Waals surface area contributed by atoms with Gasteiger partial charge in [0, 0.05) is 22.4 Å². The number of aromatic amines is 1. The second-order valence-electron chi connectivity index (χ2n) is 6.91. The number of hydrogen-bond donors (Lipinski definition) is 3. The monoisotopic (exact) mass is 427 g/mol. The molecule has 8 nitrogen and oxygen atoms in total. The fourth-order valence-corrected chi connectivity index (χ4v) is 3.01. The minimum Gasteiger partial charge on any atom is -0.497 e. The van der Waals surface area contributed by atoms with E-state index >= 15 is 0 Å². The first-order valence-corrected chi connectivity index (χ1v) is 9.93. The zero-order valence-corrected chi connectivity index (χ0v) is 17.3. The molecule has 0 aliphatic rings. The summed E-state index contributed by atoms with van der Waals surface area (Å²) in [7, 11) is 1.61. The number of nitrogens with one attached hydrogen (secondary N) is 3. The Hall–Kier alpha value is -4.46. The molecule has 4 aromatic rings. The van der Waals surface area contributed by atoms with Crippen LogP contribution in [0.4, 0.5) is 5.69 Å². The maximum absolute atomic E-state index is 12.4. The molecule has 0 aliphatic carbocycles. The summed E-state index contributed by atoms with van der Waals surface area (Å²) in [5.41, 5.74) is 2.48. The average Bonchev–Trinajstić information content (AvgIpc) is 3.32. The normalized spacial score (nSPS) is 10.4. The molecule has 0 aliphatic heterocycles. The van der Waals surface area contributed by atoms with E-state index in [1.807, 2.05) is 30.3 Å². The van der Waals surface area contributed by atoms with Crippen LogP contribution >= 0.6 is 0 Å². The number of benzene rings is 3. The number of rotatable bonds is 7. The van der Waals surface area contributed by atoms with Gasteiger partial charge in [-0.1, -0.05) is 18.2 Å². The van der Waals surface area contributed by atoms with Crippen LogP contribution in [0.25, 0.3) is 11.4 Å². The summed E-state index contributed by atoms with van der Waals surface area (Å²) >= 11 is 0. The van der Waals surface area contributed by atoms with Crippen LogP contribution in [-0.4, -0.2) is 34.1 Å². The maximum Gasteiger partial charge on any atom is 0.255 e. The van der Waals surface area contributed by atoms with E-state index in [9.17, 15) is 9.59 Å². The van der Waals surface area contributed by atoms with Gasteiger partial charge < -0.3 is 15.4 Å². The summed E-state index contributed by atoms with van der Waals surface area (Å²) in [6, 6.07) is 23.0. The van der Waals surface area contributed by atoms with Crippen molar-refractivity contribution >= 4 is 17.5 Å². The van der Waals surface area contributed by atoms with Crippen LogP contribution in [0.5, 0.6) is 5.75 Å². The highest BCUT2D eigenvalue weighted by atomic mass is 16.5. The predicted molar refractivity (Wildman–Crippen MR) is 120 cm³/mol. The Morgan fingerprint density at radius 3 is 2.25 bits per heavy atom. The third-order valence-corrected chi connectivity index (χ3v) is 4.74. The summed E-state index contributed by atoms with van der Waals surface area (Å²) in [5, 5.41) is 12.6. The number of hydrogen-bond acceptors (Lipinski definition) is 5. The van der Waals surface area contributed by atoms with Crippen molar-refractivity contribution in [1.29, 1.82) is 0 Å². The van der Waals surface area contributed by atoms with Gasteiger partial charge in [0.1, 0.15) is 11.6 Å². The molecule has 0 bridgehead atoms. The highest BCUT2D eigenvalue weighted by Crippen LogP contribution is 2.19. The lowest BCUT2D eigenvalue weighted by Crippen LogP contribution is -2.23. The third-order valence-electron chi connectivity index (χ3n) is 4.74. The van der Waals surface area contributed by atoms with Crippen molar-refractivity contribution in [3.8, 4) is 17.1 Å². The summed E-state index contributed by atoms with van der Waals surface area (Å²) in [4.78, 5) is 29.1. The zero-order chi connectivity index (χ0) is 22.3. The highest BCUT2D eigenvalue weighted by molar-refractivity contribution is 6.04. The van der Waals surface area contributed by atoms with Gasteiger partial charge in [0.2, 0.25) is 0 Å². The van der Waals surface area contributed by atoms with E-state index in [0.717, 1.165) is 11.3 Å². The van der Waals surface area contributed by atoms with Gasteiger partial charge in [0.05, 0.1) is 13.7 Å². The molecule has 0 saturated carbocycles. The Kier molecular flexibility index (Phi) is 6.22. The van der Waals surface area contributed by atoms with E-state index in [2.05, 4.69) is 25.8 Å². The number of carbonyl (C=O) groups excluding carboxylic acids is 2. The second kappa shape index (κ2) is 9.57. The Bertz CT molecular complexity index is 1200. The van der Waals surface area contributed by atoms with Crippen LogP contribution in [0.1, 0.15) is 26.5 Å². The number of ether oxygens (including phenoxy) is 1. The molecule has 3 N–H and O–H groups in total. The first-order valence-electron chi connectivity index (χ1n) is 9.93. The van der Waals surface area contributed by atoms with Crippen LogP contribution in [0.2, 0.25) is 0 Å². The lowest BCUT2D eigenvalue weighted by atomic mass is 10.1. The molecule has 32 heavy (non-hydrogen) atoms. The first kappa shape index (κ1) is 20.8. The van der Waals surface area contributed by atoms with Gasteiger partial charge in [-0.05, 0) is 60.7 Å². The molecular weight excluding hydrogens is 406 g/mol. The minimum atomic E-state index is -0.256. The van der Waals surface area contributed by atoms with E-state index in [-0.39, 0.29) is 18.4 Å². The number of H-pyrrole nitrogens is 1. The largest absolute Gasteiger partial charge is 0.497 e. The van der Waals surface area contributed by atoms with Gasteiger partial charge in [0.15, 0.2) is 5.82 Å². The number of anilines is 1. The molecule has 3 aromatic carbocycles. The molecule has 2 amide bonds. The average molecular weight is 427 g/mol. The standard InChI is InChI=1S/C24H21N5O3/c1-32-20-13-9-16(10-14-20)22-27-21(28-29-22)15-25-23(30)18-7-11-19(12-8-18)26-24(31)17-5-3-2-4-6-17/h2-14H,15H2,1H3,(H,25,30)(H,26,31)(H,27,28,29). The molecule has 0 fully saturated rings. The second-order valence-corrected chi connectivity index (χ2v) is 6.91. The van der Waals surface area contributed by atoms with Crippen molar-refractivity contribution in [3.63, 3.8) is 0 Å². The minimum absolute atomic E-state index is 0.203. The number of nitrogens with zero attached hydrogens (tertiary/aromatic N) is 2. The lowest BCUT2D eigenvalue weighted by Gasteiger charge is -2.07. The molecule has 0 atom stereocenters. The van der Waals surface area contributed by atoms with E-state index in [4.69, 9.17) is 4.74 Å². The van der Waals surface area contributed by atoms with Gasteiger partial charge in [-0.2, -0.15) is 5.10 Å². The lowest BCUT2D eigenvalue weighted by molar-refractivity contribution is 0.0949. The Balaban J connectivity index is 1.32. The number of carbonyl (C=O) groups is 2. The third kappa shape index (κ3) is 4.99. The molecule has 0 spiro atoms. The summed E-state index contributed by atoms with van der Waals surface area (Å²) in [5.74, 6) is 1.36. The van der Waals surface area contributed by atoms with Gasteiger partial charge in [-0.15, -0.1) is 0 Å². The fraction of sp³-hybridized carbons (Fsp3) is 0.0833. The molecule has 4 rings (SSSR count). The summed E-state index contributed by atoms with van der Waals surface area (Å²) in [6.45, 7) is 0.203.